The minimum atomic E-state index is 0.0272. The minimum absolute atomic E-state index is 0.0272. The van der Waals surface area contributed by atoms with E-state index in [1.54, 1.807) is 0 Å². The van der Waals surface area contributed by atoms with Crippen LogP contribution in [0.2, 0.25) is 0 Å². The van der Waals surface area contributed by atoms with E-state index in [1.165, 1.54) is 19.3 Å². The van der Waals surface area contributed by atoms with Crippen molar-refractivity contribution in [1.82, 2.24) is 5.32 Å². The maximum absolute atomic E-state index is 12.5. The van der Waals surface area contributed by atoms with Crippen LogP contribution < -0.4 is 10.6 Å². The van der Waals surface area contributed by atoms with Crippen molar-refractivity contribution in [2.75, 3.05) is 11.9 Å². The lowest BCUT2D eigenvalue weighted by Crippen LogP contribution is -2.40. The van der Waals surface area contributed by atoms with Crippen LogP contribution in [0.1, 0.15) is 50.0 Å². The average Bonchev–Trinajstić information content (AvgIpc) is 2.47. The maximum Gasteiger partial charge on any atom is 0.227 e. The van der Waals surface area contributed by atoms with Crippen LogP contribution in [0, 0.1) is 0 Å². The molecule has 2 aliphatic rings. The largest absolute Gasteiger partial charge is 0.385 e. The number of hydrogen-bond acceptors (Lipinski definition) is 2. The van der Waals surface area contributed by atoms with Crippen LogP contribution in [0.5, 0.6) is 0 Å². The third kappa shape index (κ3) is 2.75. The zero-order valence-electron chi connectivity index (χ0n) is 11.3. The van der Waals surface area contributed by atoms with Crippen LogP contribution >= 0.6 is 0 Å². The number of nitrogens with one attached hydrogen (secondary N) is 2. The van der Waals surface area contributed by atoms with Crippen molar-refractivity contribution in [3.63, 3.8) is 0 Å². The lowest BCUT2D eigenvalue weighted by atomic mass is 9.89. The van der Waals surface area contributed by atoms with Gasteiger partial charge in [0.05, 0.1) is 5.92 Å². The molecule has 3 heteroatoms. The van der Waals surface area contributed by atoms with Gasteiger partial charge in [-0.15, -0.1) is 0 Å². The topological polar surface area (TPSA) is 41.1 Å². The number of fused-ring (bicyclic) bond motifs is 1. The molecule has 0 bridgehead atoms. The molecule has 0 aromatic heterocycles. The number of carbonyl (C=O) groups excluding carboxylic acids is 1. The smallest absolute Gasteiger partial charge is 0.227 e. The molecule has 102 valence electrons. The van der Waals surface area contributed by atoms with Crippen molar-refractivity contribution in [1.29, 1.82) is 0 Å². The van der Waals surface area contributed by atoms with Gasteiger partial charge in [0.2, 0.25) is 5.91 Å². The molecular weight excluding hydrogens is 236 g/mol. The Kier molecular flexibility index (Phi) is 3.72. The van der Waals surface area contributed by atoms with E-state index in [1.807, 2.05) is 12.1 Å². The first kappa shape index (κ1) is 12.5. The lowest BCUT2D eigenvalue weighted by molar-refractivity contribution is -0.123. The monoisotopic (exact) mass is 258 g/mol. The number of benzene rings is 1. The molecule has 1 saturated carbocycles. The predicted octanol–water partition coefficient (Wildman–Crippen LogP) is 3.03. The highest BCUT2D eigenvalue weighted by Gasteiger charge is 2.27. The standard InChI is InChI=1S/C16H22N2O/c19-16(18-12-6-2-1-3-7-12)14-10-11-17-15-9-5-4-8-13(14)15/h4-5,8-9,12,14,17H,1-3,6-7,10-11H2,(H,18,19). The Bertz CT molecular complexity index is 452. The van der Waals surface area contributed by atoms with E-state index in [4.69, 9.17) is 0 Å². The van der Waals surface area contributed by atoms with E-state index in [2.05, 4.69) is 22.8 Å². The Labute approximate surface area is 114 Å². The molecule has 0 spiro atoms. The van der Waals surface area contributed by atoms with Crippen LogP contribution in [0.15, 0.2) is 24.3 Å². The zero-order chi connectivity index (χ0) is 13.1. The summed E-state index contributed by atoms with van der Waals surface area (Å²) in [6, 6.07) is 8.59. The van der Waals surface area contributed by atoms with Gasteiger partial charge in [-0.05, 0) is 30.9 Å². The quantitative estimate of drug-likeness (QED) is 0.856. The zero-order valence-corrected chi connectivity index (χ0v) is 11.3. The van der Waals surface area contributed by atoms with Crippen LogP contribution in [0.25, 0.3) is 0 Å². The van der Waals surface area contributed by atoms with Crippen LogP contribution in [-0.2, 0) is 4.79 Å². The number of anilines is 1. The Morgan fingerprint density at radius 2 is 1.89 bits per heavy atom. The van der Waals surface area contributed by atoms with Crippen LogP contribution in [0.3, 0.4) is 0 Å². The van der Waals surface area contributed by atoms with Gasteiger partial charge in [-0.1, -0.05) is 37.5 Å². The summed E-state index contributed by atoms with van der Waals surface area (Å²) in [5, 5.41) is 6.63. The Morgan fingerprint density at radius 3 is 2.74 bits per heavy atom. The van der Waals surface area contributed by atoms with Crippen molar-refractivity contribution in [3.05, 3.63) is 29.8 Å². The molecular formula is C16H22N2O. The van der Waals surface area contributed by atoms with Gasteiger partial charge in [0.25, 0.3) is 0 Å². The molecule has 1 aromatic carbocycles. The fourth-order valence-corrected chi connectivity index (χ4v) is 3.29. The molecule has 19 heavy (non-hydrogen) atoms. The number of amides is 1. The molecule has 1 heterocycles. The molecule has 2 N–H and O–H groups in total. The molecule has 1 aliphatic carbocycles. The lowest BCUT2D eigenvalue weighted by Gasteiger charge is -2.29. The van der Waals surface area contributed by atoms with E-state index >= 15 is 0 Å². The van der Waals surface area contributed by atoms with E-state index < -0.39 is 0 Å². The van der Waals surface area contributed by atoms with E-state index in [0.29, 0.717) is 6.04 Å². The molecule has 0 saturated heterocycles. The third-order valence-corrected chi connectivity index (χ3v) is 4.35. The molecule has 1 atom stereocenters. The maximum atomic E-state index is 12.5. The molecule has 1 aromatic rings. The van der Waals surface area contributed by atoms with Gasteiger partial charge in [-0.2, -0.15) is 0 Å². The van der Waals surface area contributed by atoms with Crippen molar-refractivity contribution < 1.29 is 4.79 Å². The minimum Gasteiger partial charge on any atom is -0.385 e. The number of para-hydroxylation sites is 1. The molecule has 3 nitrogen and oxygen atoms in total. The fraction of sp³-hybridized carbons (Fsp3) is 0.562. The summed E-state index contributed by atoms with van der Waals surface area (Å²) in [5.74, 6) is 0.250. The highest BCUT2D eigenvalue weighted by molar-refractivity contribution is 5.86. The number of carbonyl (C=O) groups is 1. The summed E-state index contributed by atoms with van der Waals surface area (Å²) in [6.45, 7) is 0.889. The summed E-state index contributed by atoms with van der Waals surface area (Å²) >= 11 is 0. The van der Waals surface area contributed by atoms with E-state index in [0.717, 1.165) is 37.1 Å². The van der Waals surface area contributed by atoms with Gasteiger partial charge in [0, 0.05) is 18.3 Å². The third-order valence-electron chi connectivity index (χ3n) is 4.35. The van der Waals surface area contributed by atoms with Gasteiger partial charge in [-0.3, -0.25) is 4.79 Å². The Balaban J connectivity index is 1.70. The summed E-state index contributed by atoms with van der Waals surface area (Å²) < 4.78 is 0. The van der Waals surface area contributed by atoms with E-state index in [-0.39, 0.29) is 11.8 Å². The van der Waals surface area contributed by atoms with Gasteiger partial charge in [0.1, 0.15) is 0 Å². The van der Waals surface area contributed by atoms with Crippen LogP contribution in [0.4, 0.5) is 5.69 Å². The first-order valence-corrected chi connectivity index (χ1v) is 7.48. The van der Waals surface area contributed by atoms with Gasteiger partial charge >= 0.3 is 0 Å². The summed E-state index contributed by atoms with van der Waals surface area (Å²) in [7, 11) is 0. The Morgan fingerprint density at radius 1 is 1.11 bits per heavy atom. The average molecular weight is 258 g/mol. The number of rotatable bonds is 2. The molecule has 1 aliphatic heterocycles. The van der Waals surface area contributed by atoms with Gasteiger partial charge in [-0.25, -0.2) is 0 Å². The van der Waals surface area contributed by atoms with E-state index in [9.17, 15) is 4.79 Å². The van der Waals surface area contributed by atoms with Crippen molar-refractivity contribution in [2.24, 2.45) is 0 Å². The van der Waals surface area contributed by atoms with Crippen molar-refractivity contribution >= 4 is 11.6 Å². The summed E-state index contributed by atoms with van der Waals surface area (Å²) in [5.41, 5.74) is 2.28. The second-order valence-electron chi connectivity index (χ2n) is 5.70. The second kappa shape index (κ2) is 5.64. The first-order valence-electron chi connectivity index (χ1n) is 7.48. The first-order chi connectivity index (χ1) is 9.34. The number of hydrogen-bond donors (Lipinski definition) is 2. The predicted molar refractivity (Wildman–Crippen MR) is 77.3 cm³/mol. The molecule has 3 rings (SSSR count). The molecule has 1 fully saturated rings. The molecule has 0 radical (unpaired) electrons. The molecule has 1 amide bonds. The van der Waals surface area contributed by atoms with Gasteiger partial charge in [0.15, 0.2) is 0 Å². The second-order valence-corrected chi connectivity index (χ2v) is 5.70. The summed E-state index contributed by atoms with van der Waals surface area (Å²) in [6.07, 6.45) is 7.04. The highest BCUT2D eigenvalue weighted by atomic mass is 16.1. The fourth-order valence-electron chi connectivity index (χ4n) is 3.29. The van der Waals surface area contributed by atoms with Crippen LogP contribution in [-0.4, -0.2) is 18.5 Å². The Hall–Kier alpha value is -1.51. The molecule has 1 unspecified atom stereocenters. The normalized spacial score (nSPS) is 23.3. The van der Waals surface area contributed by atoms with Gasteiger partial charge < -0.3 is 10.6 Å². The summed E-state index contributed by atoms with van der Waals surface area (Å²) in [4.78, 5) is 12.5. The van der Waals surface area contributed by atoms with Crippen molar-refractivity contribution in [2.45, 2.75) is 50.5 Å². The SMILES string of the molecule is O=C(NC1CCCCC1)C1CCNc2ccccc21. The van der Waals surface area contributed by atoms with Crippen molar-refractivity contribution in [3.8, 4) is 0 Å². The highest BCUT2D eigenvalue weighted by Crippen LogP contribution is 2.31.